The predicted octanol–water partition coefficient (Wildman–Crippen LogP) is 12.9. The molecule has 0 aliphatic rings. The maximum atomic E-state index is 3.80. The number of para-hydroxylation sites is 2. The van der Waals surface area contributed by atoms with Crippen molar-refractivity contribution in [1.82, 2.24) is 4.57 Å². The Morgan fingerprint density at radius 1 is 0.378 bits per heavy atom. The van der Waals surface area contributed by atoms with E-state index in [2.05, 4.69) is 178 Å². The van der Waals surface area contributed by atoms with Crippen molar-refractivity contribution >= 4 is 69.2 Å². The molecule has 9 rings (SSSR count). The topological polar surface area (TPSA) is 4.93 Å². The molecule has 0 unspecified atom stereocenters. The lowest BCUT2D eigenvalue weighted by atomic mass is 9.96. The van der Waals surface area contributed by atoms with Gasteiger partial charge in [0.1, 0.15) is 0 Å². The number of hydrogen-bond acceptors (Lipinski definition) is 1. The highest BCUT2D eigenvalue weighted by Gasteiger charge is 2.14. The van der Waals surface area contributed by atoms with Crippen LogP contribution in [0.1, 0.15) is 0 Å². The summed E-state index contributed by atoms with van der Waals surface area (Å²) in [4.78, 5) is 0. The van der Waals surface area contributed by atoms with Crippen molar-refractivity contribution in [3.63, 3.8) is 0 Å². The van der Waals surface area contributed by atoms with Gasteiger partial charge in [-0.15, -0.1) is 11.3 Å². The number of halogens is 1. The fourth-order valence-electron chi connectivity index (χ4n) is 6.69. The van der Waals surface area contributed by atoms with Crippen molar-refractivity contribution in [2.45, 2.75) is 0 Å². The molecular formula is C42H26BrNS. The molecule has 0 amide bonds. The second-order valence-electron chi connectivity index (χ2n) is 11.5. The Kier molecular flexibility index (Phi) is 6.22. The van der Waals surface area contributed by atoms with E-state index in [-0.39, 0.29) is 0 Å². The average molecular weight is 657 g/mol. The maximum Gasteiger partial charge on any atom is 0.0541 e. The molecule has 2 heterocycles. The molecule has 2 aromatic heterocycles. The van der Waals surface area contributed by atoms with Crippen LogP contribution in [0.5, 0.6) is 0 Å². The van der Waals surface area contributed by atoms with Crippen LogP contribution in [0.3, 0.4) is 0 Å². The number of aromatic nitrogens is 1. The largest absolute Gasteiger partial charge is 0.309 e. The van der Waals surface area contributed by atoms with Gasteiger partial charge in [-0.1, -0.05) is 107 Å². The first-order chi connectivity index (χ1) is 22.2. The summed E-state index contributed by atoms with van der Waals surface area (Å²) in [5.41, 5.74) is 10.9. The van der Waals surface area contributed by atoms with E-state index in [1.54, 1.807) is 0 Å². The molecule has 0 fully saturated rings. The van der Waals surface area contributed by atoms with Crippen LogP contribution in [0.2, 0.25) is 0 Å². The number of rotatable bonds is 4. The summed E-state index contributed by atoms with van der Waals surface area (Å²) in [5.74, 6) is 0. The van der Waals surface area contributed by atoms with Crippen LogP contribution < -0.4 is 0 Å². The predicted molar refractivity (Wildman–Crippen MR) is 198 cm³/mol. The molecule has 9 aromatic rings. The lowest BCUT2D eigenvalue weighted by Gasteiger charge is -2.10. The fraction of sp³-hybridized carbons (Fsp3) is 0. The van der Waals surface area contributed by atoms with E-state index in [9.17, 15) is 0 Å². The van der Waals surface area contributed by atoms with Gasteiger partial charge in [-0.3, -0.25) is 0 Å². The van der Waals surface area contributed by atoms with E-state index in [0.717, 1.165) is 4.47 Å². The van der Waals surface area contributed by atoms with Crippen LogP contribution in [-0.4, -0.2) is 4.57 Å². The first-order valence-corrected chi connectivity index (χ1v) is 16.7. The monoisotopic (exact) mass is 655 g/mol. The smallest absolute Gasteiger partial charge is 0.0541 e. The van der Waals surface area contributed by atoms with Gasteiger partial charge in [-0.2, -0.15) is 0 Å². The third kappa shape index (κ3) is 4.50. The summed E-state index contributed by atoms with van der Waals surface area (Å²) in [6.07, 6.45) is 0. The molecule has 0 radical (unpaired) electrons. The average Bonchev–Trinajstić information content (AvgIpc) is 3.63. The molecule has 0 aliphatic carbocycles. The van der Waals surface area contributed by atoms with Crippen molar-refractivity contribution in [2.75, 3.05) is 0 Å². The second-order valence-corrected chi connectivity index (χ2v) is 13.5. The molecule has 0 bridgehead atoms. The first kappa shape index (κ1) is 26.4. The SMILES string of the molecule is Brc1cc(-c2ccc(-c3ccc4c(c3)c3ccccc3n4-c3ccccc3)cc2)cc(-c2ccc3sc4ccccc4c3c2)c1. The Balaban J connectivity index is 1.09. The van der Waals surface area contributed by atoms with E-state index in [0.29, 0.717) is 0 Å². The summed E-state index contributed by atoms with van der Waals surface area (Å²) in [5, 5.41) is 5.18. The second kappa shape index (κ2) is 10.6. The van der Waals surface area contributed by atoms with Crippen LogP contribution in [0, 0.1) is 0 Å². The van der Waals surface area contributed by atoms with Gasteiger partial charge < -0.3 is 4.57 Å². The first-order valence-electron chi connectivity index (χ1n) is 15.1. The number of thiophene rings is 1. The quantitative estimate of drug-likeness (QED) is 0.178. The van der Waals surface area contributed by atoms with Gasteiger partial charge >= 0.3 is 0 Å². The Hall–Kier alpha value is -4.96. The molecule has 212 valence electrons. The van der Waals surface area contributed by atoms with Crippen molar-refractivity contribution in [3.05, 3.63) is 162 Å². The molecule has 3 heteroatoms. The Morgan fingerprint density at radius 3 is 1.76 bits per heavy atom. The Bertz CT molecular complexity index is 2540. The summed E-state index contributed by atoms with van der Waals surface area (Å²) in [6, 6.07) is 57.4. The van der Waals surface area contributed by atoms with Gasteiger partial charge in [0.15, 0.2) is 0 Å². The summed E-state index contributed by atoms with van der Waals surface area (Å²) >= 11 is 5.66. The molecule has 0 saturated carbocycles. The summed E-state index contributed by atoms with van der Waals surface area (Å²) in [7, 11) is 0. The number of benzene rings is 7. The molecule has 45 heavy (non-hydrogen) atoms. The van der Waals surface area contributed by atoms with Crippen molar-refractivity contribution in [2.24, 2.45) is 0 Å². The van der Waals surface area contributed by atoms with Crippen LogP contribution in [0.25, 0.3) is 81.0 Å². The Morgan fingerprint density at radius 2 is 0.933 bits per heavy atom. The van der Waals surface area contributed by atoms with Gasteiger partial charge in [0.2, 0.25) is 0 Å². The van der Waals surface area contributed by atoms with Gasteiger partial charge in [-0.05, 0) is 100 Å². The summed E-state index contributed by atoms with van der Waals surface area (Å²) in [6.45, 7) is 0. The van der Waals surface area contributed by atoms with Crippen LogP contribution in [0.15, 0.2) is 162 Å². The molecule has 0 aliphatic heterocycles. The Labute approximate surface area is 273 Å². The summed E-state index contributed by atoms with van der Waals surface area (Å²) < 4.78 is 6.10. The van der Waals surface area contributed by atoms with Crippen molar-refractivity contribution < 1.29 is 0 Å². The minimum Gasteiger partial charge on any atom is -0.309 e. The lowest BCUT2D eigenvalue weighted by molar-refractivity contribution is 1.18. The minimum atomic E-state index is 1.08. The normalized spacial score (nSPS) is 11.7. The van der Waals surface area contributed by atoms with E-state index in [4.69, 9.17) is 0 Å². The molecule has 0 spiro atoms. The zero-order chi connectivity index (χ0) is 29.9. The minimum absolute atomic E-state index is 1.08. The van der Waals surface area contributed by atoms with Crippen molar-refractivity contribution in [1.29, 1.82) is 0 Å². The third-order valence-corrected chi connectivity index (χ3v) is 10.5. The van der Waals surface area contributed by atoms with E-state index >= 15 is 0 Å². The molecular weight excluding hydrogens is 630 g/mol. The van der Waals surface area contributed by atoms with Gasteiger partial charge in [0.25, 0.3) is 0 Å². The zero-order valence-electron chi connectivity index (χ0n) is 24.2. The van der Waals surface area contributed by atoms with Crippen LogP contribution >= 0.6 is 27.3 Å². The highest BCUT2D eigenvalue weighted by Crippen LogP contribution is 2.39. The van der Waals surface area contributed by atoms with Gasteiger partial charge in [-0.25, -0.2) is 0 Å². The van der Waals surface area contributed by atoms with Crippen molar-refractivity contribution in [3.8, 4) is 39.1 Å². The standard InChI is InChI=1S/C42H26BrNS/c43-33-23-31(22-32(24-33)30-19-21-42-38(26-30)36-11-5-7-13-41(36)45-42)28-16-14-27(15-17-28)29-18-20-40-37(25-29)35-10-4-6-12-39(35)44(40)34-8-2-1-3-9-34/h1-26H. The molecule has 1 nitrogen and oxygen atoms in total. The van der Waals surface area contributed by atoms with E-state index in [1.807, 2.05) is 11.3 Å². The van der Waals surface area contributed by atoms with Gasteiger partial charge in [0.05, 0.1) is 11.0 Å². The highest BCUT2D eigenvalue weighted by atomic mass is 79.9. The fourth-order valence-corrected chi connectivity index (χ4v) is 8.27. The van der Waals surface area contributed by atoms with E-state index in [1.165, 1.54) is 81.0 Å². The highest BCUT2D eigenvalue weighted by molar-refractivity contribution is 9.10. The maximum absolute atomic E-state index is 3.80. The molecule has 0 N–H and O–H groups in total. The zero-order valence-corrected chi connectivity index (χ0v) is 26.6. The molecule has 7 aromatic carbocycles. The third-order valence-electron chi connectivity index (χ3n) is 8.85. The molecule has 0 saturated heterocycles. The van der Waals surface area contributed by atoms with Crippen LogP contribution in [0.4, 0.5) is 0 Å². The number of hydrogen-bond donors (Lipinski definition) is 0. The van der Waals surface area contributed by atoms with Crippen LogP contribution in [-0.2, 0) is 0 Å². The van der Waals surface area contributed by atoms with E-state index < -0.39 is 0 Å². The van der Waals surface area contributed by atoms with Gasteiger partial charge in [0, 0.05) is 41.1 Å². The number of fused-ring (bicyclic) bond motifs is 6. The number of nitrogens with zero attached hydrogens (tertiary/aromatic N) is 1. The lowest BCUT2D eigenvalue weighted by Crippen LogP contribution is -1.92. The molecule has 0 atom stereocenters.